The third-order valence-corrected chi connectivity index (χ3v) is 12.0. The van der Waals surface area contributed by atoms with E-state index in [2.05, 4.69) is 101 Å². The van der Waals surface area contributed by atoms with Crippen molar-refractivity contribution in [3.63, 3.8) is 0 Å². The minimum atomic E-state index is 0.240. The molecule has 0 unspecified atom stereocenters. The molecule has 1 saturated carbocycles. The topological polar surface area (TPSA) is 0 Å². The van der Waals surface area contributed by atoms with Gasteiger partial charge in [0.05, 0.1) is 0 Å². The minimum absolute atomic E-state index is 0.240. The molecule has 0 amide bonds. The monoisotopic (exact) mass is 400 g/mol. The summed E-state index contributed by atoms with van der Waals surface area (Å²) in [5.74, 6) is 5.28. The van der Waals surface area contributed by atoms with Crippen molar-refractivity contribution in [3.8, 4) is 0 Å². The Kier molecular flexibility index (Phi) is 5.56. The molecule has 0 nitrogen and oxygen atoms in total. The largest absolute Gasteiger partial charge is 0.137 e. The summed E-state index contributed by atoms with van der Waals surface area (Å²) in [4.78, 5) is 0. The van der Waals surface area contributed by atoms with Gasteiger partial charge in [-0.15, -0.1) is 47.0 Å². The first-order chi connectivity index (χ1) is 11.1. The summed E-state index contributed by atoms with van der Waals surface area (Å²) in [6.45, 7) is 14.1. The van der Waals surface area contributed by atoms with Crippen LogP contribution in [0.4, 0.5) is 0 Å². The molecular weight excluding hydrogens is 368 g/mol. The highest BCUT2D eigenvalue weighted by Gasteiger charge is 2.68. The number of fused-ring (bicyclic) bond motifs is 1. The summed E-state index contributed by atoms with van der Waals surface area (Å²) in [5, 5.41) is 0. The van der Waals surface area contributed by atoms with Crippen molar-refractivity contribution in [2.45, 2.75) is 62.5 Å². The maximum Gasteiger partial charge on any atom is 0.114 e. The fourth-order valence-corrected chi connectivity index (χ4v) is 11.9. The zero-order valence-corrected chi connectivity index (χ0v) is 19.3. The van der Waals surface area contributed by atoms with Crippen molar-refractivity contribution in [2.75, 3.05) is 23.0 Å². The van der Waals surface area contributed by atoms with Gasteiger partial charge in [-0.3, -0.25) is 0 Å². The van der Waals surface area contributed by atoms with Gasteiger partial charge in [0.15, 0.2) is 0 Å². The third kappa shape index (κ3) is 3.51. The summed E-state index contributed by atoms with van der Waals surface area (Å²) < 4.78 is 0.566. The van der Waals surface area contributed by atoms with Gasteiger partial charge in [-0.05, 0) is 57.8 Å². The second-order valence-corrected chi connectivity index (χ2v) is 14.9. The van der Waals surface area contributed by atoms with Crippen molar-refractivity contribution < 1.29 is 0 Å². The summed E-state index contributed by atoms with van der Waals surface area (Å²) in [5.41, 5.74) is 3.79. The van der Waals surface area contributed by atoms with E-state index in [9.17, 15) is 0 Å². The number of hydrogen-bond acceptors (Lipinski definition) is 4. The van der Waals surface area contributed by atoms with Gasteiger partial charge in [0.1, 0.15) is 8.16 Å². The Hall–Kier alpha value is 0.880. The van der Waals surface area contributed by atoms with Gasteiger partial charge < -0.3 is 0 Å². The van der Waals surface area contributed by atoms with Crippen molar-refractivity contribution in [1.29, 1.82) is 0 Å². The first-order valence-corrected chi connectivity index (χ1v) is 13.1. The van der Waals surface area contributed by atoms with Crippen LogP contribution in [0.3, 0.4) is 0 Å². The van der Waals surface area contributed by atoms with Crippen LogP contribution in [0.15, 0.2) is 23.3 Å². The molecule has 2 heterocycles. The molecule has 0 aromatic heterocycles. The van der Waals surface area contributed by atoms with Crippen LogP contribution < -0.4 is 0 Å². The highest BCUT2D eigenvalue weighted by atomic mass is 32.2. The van der Waals surface area contributed by atoms with Crippen LogP contribution in [0.1, 0.15) is 54.4 Å². The lowest BCUT2D eigenvalue weighted by Gasteiger charge is -2.64. The second-order valence-electron chi connectivity index (χ2n) is 9.18. The Morgan fingerprint density at radius 1 is 0.625 bits per heavy atom. The lowest BCUT2D eigenvalue weighted by atomic mass is 9.75. The van der Waals surface area contributed by atoms with Gasteiger partial charge in [-0.25, -0.2) is 0 Å². The van der Waals surface area contributed by atoms with E-state index in [1.54, 1.807) is 11.1 Å². The Balaban J connectivity index is 2.13. The molecule has 24 heavy (non-hydrogen) atoms. The van der Waals surface area contributed by atoms with Gasteiger partial charge >= 0.3 is 0 Å². The van der Waals surface area contributed by atoms with E-state index in [0.717, 1.165) is 0 Å². The van der Waals surface area contributed by atoms with Crippen LogP contribution in [-0.2, 0) is 0 Å². The van der Waals surface area contributed by atoms with E-state index in [1.807, 2.05) is 0 Å². The molecule has 0 bridgehead atoms. The average molecular weight is 401 g/mol. The second kappa shape index (κ2) is 6.80. The lowest BCUT2D eigenvalue weighted by molar-refractivity contribution is 0.515. The molecule has 0 aromatic carbocycles. The Labute approximate surface area is 166 Å². The van der Waals surface area contributed by atoms with Crippen LogP contribution in [0.2, 0.25) is 0 Å². The van der Waals surface area contributed by atoms with Gasteiger partial charge in [-0.2, -0.15) is 0 Å². The van der Waals surface area contributed by atoms with Gasteiger partial charge in [0.2, 0.25) is 0 Å². The molecule has 3 aliphatic rings. The quantitative estimate of drug-likeness (QED) is 0.426. The van der Waals surface area contributed by atoms with E-state index in [0.29, 0.717) is 0 Å². The number of rotatable bonds is 0. The van der Waals surface area contributed by atoms with Crippen molar-refractivity contribution >= 4 is 47.0 Å². The summed E-state index contributed by atoms with van der Waals surface area (Å²) in [6.07, 6.45) is 7.92. The molecule has 3 fully saturated rings. The SMILES string of the molecule is CC(C)(C)/C=C1/C(=C/C(C)(C)C)C2(SCCCS2)C12SCCCS2. The van der Waals surface area contributed by atoms with Gasteiger partial charge in [-0.1, -0.05) is 53.7 Å². The van der Waals surface area contributed by atoms with Crippen molar-refractivity contribution in [1.82, 2.24) is 0 Å². The van der Waals surface area contributed by atoms with E-state index in [1.165, 1.54) is 35.9 Å². The predicted molar refractivity (Wildman–Crippen MR) is 120 cm³/mol. The zero-order valence-electron chi connectivity index (χ0n) is 16.0. The van der Waals surface area contributed by atoms with Crippen molar-refractivity contribution in [2.24, 2.45) is 10.8 Å². The Morgan fingerprint density at radius 3 is 1.17 bits per heavy atom. The highest BCUT2D eigenvalue weighted by molar-refractivity contribution is 8.26. The number of allylic oxidation sites excluding steroid dienone is 2. The molecule has 2 spiro atoms. The first-order valence-electron chi connectivity index (χ1n) is 9.13. The predicted octanol–water partition coefficient (Wildman–Crippen LogP) is 7.08. The van der Waals surface area contributed by atoms with Gasteiger partial charge in [0, 0.05) is 0 Å². The fraction of sp³-hybridized carbons (Fsp3) is 0.800. The molecule has 0 N–H and O–H groups in total. The highest BCUT2D eigenvalue weighted by Crippen LogP contribution is 2.76. The zero-order chi connectivity index (χ0) is 17.6. The molecule has 0 radical (unpaired) electrons. The molecule has 2 aliphatic heterocycles. The average Bonchev–Trinajstić information content (AvgIpc) is 2.51. The maximum atomic E-state index is 2.59. The fourth-order valence-electron chi connectivity index (χ4n) is 3.61. The molecular formula is C20H32S4. The van der Waals surface area contributed by atoms with E-state index >= 15 is 0 Å². The van der Waals surface area contributed by atoms with Crippen LogP contribution in [0, 0.1) is 10.8 Å². The van der Waals surface area contributed by atoms with Crippen LogP contribution in [0.5, 0.6) is 0 Å². The molecule has 0 atom stereocenters. The Morgan fingerprint density at radius 2 is 0.917 bits per heavy atom. The van der Waals surface area contributed by atoms with E-state index in [-0.39, 0.29) is 19.0 Å². The van der Waals surface area contributed by atoms with Crippen LogP contribution in [0.25, 0.3) is 0 Å². The number of hydrogen-bond donors (Lipinski definition) is 0. The Bertz CT molecular complexity index is 483. The van der Waals surface area contributed by atoms with Crippen LogP contribution in [-0.4, -0.2) is 31.2 Å². The van der Waals surface area contributed by atoms with E-state index in [4.69, 9.17) is 0 Å². The molecule has 136 valence electrons. The third-order valence-electron chi connectivity index (χ3n) is 4.39. The minimum Gasteiger partial charge on any atom is -0.137 e. The molecule has 4 heteroatoms. The normalized spacial score (nSPS) is 30.1. The van der Waals surface area contributed by atoms with E-state index < -0.39 is 0 Å². The first kappa shape index (κ1) is 19.6. The molecule has 2 saturated heterocycles. The molecule has 1 aliphatic carbocycles. The molecule has 0 aromatic rings. The lowest BCUT2D eigenvalue weighted by Crippen LogP contribution is -2.61. The van der Waals surface area contributed by atoms with Crippen molar-refractivity contribution in [3.05, 3.63) is 23.3 Å². The summed E-state index contributed by atoms with van der Waals surface area (Å²) in [7, 11) is 0. The van der Waals surface area contributed by atoms with Gasteiger partial charge in [0.25, 0.3) is 0 Å². The smallest absolute Gasteiger partial charge is 0.114 e. The summed E-state index contributed by atoms with van der Waals surface area (Å²) >= 11 is 8.99. The standard InChI is InChI=1S/C20H32S4/c1-17(2,3)13-15-16(14-18(4,5)6)20(23-11-8-12-24-20)19(15)21-9-7-10-22-19/h13-14H,7-12H2,1-6H3/b15-13-,16-14-. The maximum absolute atomic E-state index is 2.59. The molecule has 3 rings (SSSR count). The van der Waals surface area contributed by atoms with Crippen LogP contribution >= 0.6 is 47.0 Å². The summed E-state index contributed by atoms with van der Waals surface area (Å²) in [6, 6.07) is 0. The number of thioether (sulfide) groups is 4.